The largest absolute Gasteiger partial charge is 0.384 e. The van der Waals surface area contributed by atoms with Gasteiger partial charge in [0.1, 0.15) is 5.84 Å². The molecule has 176 valence electrons. The van der Waals surface area contributed by atoms with Crippen molar-refractivity contribution >= 4 is 33.1 Å². The Bertz CT molecular complexity index is 1290. The molecule has 0 fully saturated rings. The number of rotatable bonds is 7. The molecular weight excluding hydrogens is 448 g/mol. The third-order valence-corrected chi connectivity index (χ3v) is 7.34. The van der Waals surface area contributed by atoms with Crippen molar-refractivity contribution in [2.45, 2.75) is 37.0 Å². The molecule has 0 radical (unpaired) electrons. The number of benzene rings is 3. The number of carbonyl (C=O) groups excluding carboxylic acids is 1. The van der Waals surface area contributed by atoms with E-state index < -0.39 is 10.0 Å². The van der Waals surface area contributed by atoms with Gasteiger partial charge in [0.2, 0.25) is 5.91 Å². The topological polar surface area (TPSA) is 116 Å². The monoisotopic (exact) mass is 476 g/mol. The average molecular weight is 477 g/mol. The van der Waals surface area contributed by atoms with E-state index in [1.807, 2.05) is 29.2 Å². The van der Waals surface area contributed by atoms with E-state index in [0.717, 1.165) is 36.1 Å². The van der Waals surface area contributed by atoms with Gasteiger partial charge in [-0.05, 0) is 67.1 Å². The highest BCUT2D eigenvalue weighted by Gasteiger charge is 2.22. The number of hydrogen-bond acceptors (Lipinski definition) is 4. The molecule has 1 amide bonds. The standard InChI is InChI=1S/C26H28N4O3S/c27-26(28)20-12-9-19(10-13-20)11-16-25(31)30-17-5-4-6-21-18-22(14-15-24(21)30)29-34(32,33)23-7-2-1-3-8-23/h1-3,7-10,12-15,18,29H,4-6,11,16-17H2,(H3,27,28). The Kier molecular flexibility index (Phi) is 6.98. The number of aryl methyl sites for hydroxylation is 2. The van der Waals surface area contributed by atoms with Crippen LogP contribution in [0, 0.1) is 5.41 Å². The van der Waals surface area contributed by atoms with E-state index in [-0.39, 0.29) is 16.6 Å². The number of nitrogens with one attached hydrogen (secondary N) is 2. The van der Waals surface area contributed by atoms with E-state index in [1.54, 1.807) is 48.5 Å². The van der Waals surface area contributed by atoms with Crippen molar-refractivity contribution in [2.75, 3.05) is 16.2 Å². The zero-order chi connectivity index (χ0) is 24.1. The second kappa shape index (κ2) is 10.1. The molecule has 0 atom stereocenters. The lowest BCUT2D eigenvalue weighted by atomic mass is 10.1. The van der Waals surface area contributed by atoms with Crippen LogP contribution < -0.4 is 15.4 Å². The molecule has 1 aliphatic rings. The van der Waals surface area contributed by atoms with Gasteiger partial charge < -0.3 is 10.6 Å². The van der Waals surface area contributed by atoms with Crippen molar-refractivity contribution < 1.29 is 13.2 Å². The summed E-state index contributed by atoms with van der Waals surface area (Å²) in [6.07, 6.45) is 3.56. The smallest absolute Gasteiger partial charge is 0.261 e. The number of hydrogen-bond donors (Lipinski definition) is 3. The minimum absolute atomic E-state index is 0.0224. The van der Waals surface area contributed by atoms with Gasteiger partial charge in [0, 0.05) is 29.9 Å². The van der Waals surface area contributed by atoms with Crippen molar-refractivity contribution in [3.05, 3.63) is 89.5 Å². The summed E-state index contributed by atoms with van der Waals surface area (Å²) in [6.45, 7) is 0.643. The van der Waals surface area contributed by atoms with Gasteiger partial charge in [-0.15, -0.1) is 0 Å². The van der Waals surface area contributed by atoms with Crippen molar-refractivity contribution in [1.29, 1.82) is 5.41 Å². The fourth-order valence-corrected chi connectivity index (χ4v) is 5.20. The van der Waals surface area contributed by atoms with E-state index in [2.05, 4.69) is 4.72 Å². The van der Waals surface area contributed by atoms with E-state index in [1.165, 1.54) is 0 Å². The molecule has 0 saturated heterocycles. The summed E-state index contributed by atoms with van der Waals surface area (Å²) in [5.74, 6) is 0.0608. The fourth-order valence-electron chi connectivity index (χ4n) is 4.13. The molecule has 1 aliphatic heterocycles. The van der Waals surface area contributed by atoms with Crippen LogP contribution in [0.25, 0.3) is 0 Å². The lowest BCUT2D eigenvalue weighted by Crippen LogP contribution is -2.32. The first-order valence-electron chi connectivity index (χ1n) is 11.3. The highest BCUT2D eigenvalue weighted by molar-refractivity contribution is 7.92. The lowest BCUT2D eigenvalue weighted by molar-refractivity contribution is -0.118. The van der Waals surface area contributed by atoms with Crippen LogP contribution in [0.15, 0.2) is 77.7 Å². The maximum atomic E-state index is 13.1. The van der Waals surface area contributed by atoms with Crippen LogP contribution in [0.1, 0.15) is 36.0 Å². The lowest BCUT2D eigenvalue weighted by Gasteiger charge is -2.23. The molecule has 34 heavy (non-hydrogen) atoms. The number of carbonyl (C=O) groups is 1. The number of nitrogens with zero attached hydrogens (tertiary/aromatic N) is 1. The summed E-state index contributed by atoms with van der Waals surface area (Å²) in [5.41, 5.74) is 9.47. The highest BCUT2D eigenvalue weighted by atomic mass is 32.2. The molecule has 0 aromatic heterocycles. The molecular formula is C26H28N4O3S. The number of nitrogens with two attached hydrogens (primary N) is 1. The molecule has 8 heteroatoms. The SMILES string of the molecule is N=C(N)c1ccc(CCC(=O)N2CCCCc3cc(NS(=O)(=O)c4ccccc4)ccc32)cc1. The predicted octanol–water partition coefficient (Wildman–Crippen LogP) is 4.07. The Labute approximate surface area is 200 Å². The molecule has 0 spiro atoms. The second-order valence-electron chi connectivity index (χ2n) is 8.38. The van der Waals surface area contributed by atoms with Gasteiger partial charge in [-0.2, -0.15) is 0 Å². The predicted molar refractivity (Wildman–Crippen MR) is 135 cm³/mol. The molecule has 0 saturated carbocycles. The van der Waals surface area contributed by atoms with Gasteiger partial charge in [0.25, 0.3) is 10.0 Å². The Morgan fingerprint density at radius 2 is 1.74 bits per heavy atom. The van der Waals surface area contributed by atoms with Crippen LogP contribution >= 0.6 is 0 Å². The maximum Gasteiger partial charge on any atom is 0.261 e. The third kappa shape index (κ3) is 5.46. The van der Waals surface area contributed by atoms with E-state index in [4.69, 9.17) is 11.1 Å². The third-order valence-electron chi connectivity index (χ3n) is 5.95. The first-order valence-corrected chi connectivity index (χ1v) is 12.8. The molecule has 0 aliphatic carbocycles. The van der Waals surface area contributed by atoms with Crippen molar-refractivity contribution in [2.24, 2.45) is 5.73 Å². The summed E-state index contributed by atoms with van der Waals surface area (Å²) in [5, 5.41) is 7.49. The van der Waals surface area contributed by atoms with Crippen LogP contribution in [0.5, 0.6) is 0 Å². The maximum absolute atomic E-state index is 13.1. The summed E-state index contributed by atoms with van der Waals surface area (Å²) in [7, 11) is -3.68. The number of amides is 1. The first kappa shape index (κ1) is 23.5. The summed E-state index contributed by atoms with van der Waals surface area (Å²) in [6, 6.07) is 21.0. The van der Waals surface area contributed by atoms with Gasteiger partial charge >= 0.3 is 0 Å². The van der Waals surface area contributed by atoms with Crippen LogP contribution in [0.4, 0.5) is 11.4 Å². The summed E-state index contributed by atoms with van der Waals surface area (Å²) in [4.78, 5) is 15.1. The van der Waals surface area contributed by atoms with E-state index in [9.17, 15) is 13.2 Å². The molecule has 3 aromatic carbocycles. The van der Waals surface area contributed by atoms with Crippen LogP contribution in [-0.2, 0) is 27.7 Å². The minimum Gasteiger partial charge on any atom is -0.384 e. The number of fused-ring (bicyclic) bond motifs is 1. The van der Waals surface area contributed by atoms with E-state index >= 15 is 0 Å². The number of amidine groups is 1. The quantitative estimate of drug-likeness (QED) is 0.352. The fraction of sp³-hybridized carbons (Fsp3) is 0.231. The van der Waals surface area contributed by atoms with Gasteiger partial charge in [-0.3, -0.25) is 14.9 Å². The van der Waals surface area contributed by atoms with Gasteiger partial charge in [-0.25, -0.2) is 8.42 Å². The Hall–Kier alpha value is -3.65. The molecule has 7 nitrogen and oxygen atoms in total. The summed E-state index contributed by atoms with van der Waals surface area (Å²) < 4.78 is 28.0. The normalized spacial score (nSPS) is 13.6. The number of anilines is 2. The Balaban J connectivity index is 1.48. The Morgan fingerprint density at radius 3 is 2.44 bits per heavy atom. The molecule has 3 aromatic rings. The molecule has 0 bridgehead atoms. The van der Waals surface area contributed by atoms with Crippen molar-refractivity contribution in [3.63, 3.8) is 0 Å². The van der Waals surface area contributed by atoms with Gasteiger partial charge in [-0.1, -0.05) is 42.5 Å². The first-order chi connectivity index (χ1) is 16.3. The zero-order valence-electron chi connectivity index (χ0n) is 18.8. The van der Waals surface area contributed by atoms with Crippen LogP contribution in [0.3, 0.4) is 0 Å². The number of nitrogen functional groups attached to an aromatic ring is 1. The van der Waals surface area contributed by atoms with Crippen molar-refractivity contribution in [1.82, 2.24) is 0 Å². The zero-order valence-corrected chi connectivity index (χ0v) is 19.6. The van der Waals surface area contributed by atoms with Crippen LogP contribution in [0.2, 0.25) is 0 Å². The highest BCUT2D eigenvalue weighted by Crippen LogP contribution is 2.30. The number of sulfonamides is 1. The molecule has 0 unspecified atom stereocenters. The molecule has 4 N–H and O–H groups in total. The van der Waals surface area contributed by atoms with Crippen LogP contribution in [-0.4, -0.2) is 26.7 Å². The second-order valence-corrected chi connectivity index (χ2v) is 10.1. The minimum atomic E-state index is -3.68. The molecule has 4 rings (SSSR count). The van der Waals surface area contributed by atoms with Gasteiger partial charge in [0.05, 0.1) is 4.90 Å². The van der Waals surface area contributed by atoms with Crippen molar-refractivity contribution in [3.8, 4) is 0 Å². The average Bonchev–Trinajstić information content (AvgIpc) is 3.05. The molecule has 1 heterocycles. The van der Waals surface area contributed by atoms with E-state index in [0.29, 0.717) is 30.6 Å². The van der Waals surface area contributed by atoms with Gasteiger partial charge in [0.15, 0.2) is 0 Å². The summed E-state index contributed by atoms with van der Waals surface area (Å²) >= 11 is 0. The Morgan fingerprint density at radius 1 is 1.00 bits per heavy atom.